The molecule has 0 amide bonds. The molecule has 0 saturated carbocycles. The van der Waals surface area contributed by atoms with Crippen molar-refractivity contribution in [2.24, 2.45) is 0 Å². The number of nitrogens with zero attached hydrogens (tertiary/aromatic N) is 1. The van der Waals surface area contributed by atoms with Crippen molar-refractivity contribution in [1.29, 1.82) is 0 Å². The summed E-state index contributed by atoms with van der Waals surface area (Å²) in [5, 5.41) is 0.427. The Morgan fingerprint density at radius 3 is 2.82 bits per heavy atom. The van der Waals surface area contributed by atoms with Crippen LogP contribution in [0.5, 0.6) is 5.88 Å². The second kappa shape index (κ2) is 2.96. The van der Waals surface area contributed by atoms with Crippen molar-refractivity contribution >= 4 is 17.3 Å². The first-order valence-electron chi connectivity index (χ1n) is 3.11. The van der Waals surface area contributed by atoms with Gasteiger partial charge in [0.15, 0.2) is 0 Å². The number of aryl methyl sites for hydroxylation is 1. The van der Waals surface area contributed by atoms with Gasteiger partial charge < -0.3 is 10.5 Å². The molecule has 0 unspecified atom stereocenters. The van der Waals surface area contributed by atoms with Gasteiger partial charge in [0.25, 0.3) is 0 Å². The third kappa shape index (κ3) is 1.54. The molecule has 0 atom stereocenters. The van der Waals surface area contributed by atoms with E-state index in [1.165, 1.54) is 7.11 Å². The summed E-state index contributed by atoms with van der Waals surface area (Å²) in [6.07, 6.45) is 0. The number of aromatic nitrogens is 1. The van der Waals surface area contributed by atoms with E-state index in [4.69, 9.17) is 22.1 Å². The van der Waals surface area contributed by atoms with Crippen LogP contribution in [0.2, 0.25) is 5.15 Å². The molecule has 0 fully saturated rings. The zero-order chi connectivity index (χ0) is 8.43. The molecule has 4 heteroatoms. The first kappa shape index (κ1) is 8.14. The molecule has 0 aromatic carbocycles. The van der Waals surface area contributed by atoms with Gasteiger partial charge in [-0.1, -0.05) is 11.6 Å². The minimum Gasteiger partial charge on any atom is -0.479 e. The Morgan fingerprint density at radius 1 is 1.64 bits per heavy atom. The lowest BCUT2D eigenvalue weighted by atomic mass is 10.3. The number of nitrogens with two attached hydrogens (primary N) is 1. The van der Waals surface area contributed by atoms with Gasteiger partial charge >= 0.3 is 0 Å². The van der Waals surface area contributed by atoms with E-state index in [2.05, 4.69) is 4.98 Å². The minimum absolute atomic E-state index is 0.376. The van der Waals surface area contributed by atoms with Crippen molar-refractivity contribution in [2.75, 3.05) is 12.8 Å². The maximum atomic E-state index is 5.72. The Morgan fingerprint density at radius 2 is 2.27 bits per heavy atom. The first-order valence-corrected chi connectivity index (χ1v) is 3.49. The summed E-state index contributed by atoms with van der Waals surface area (Å²) in [5.74, 6) is 0.376. The molecule has 0 bridgehead atoms. The zero-order valence-corrected chi connectivity index (χ0v) is 7.14. The average Bonchev–Trinajstić information content (AvgIpc) is 1.97. The van der Waals surface area contributed by atoms with Crippen LogP contribution in [0.1, 0.15) is 5.56 Å². The van der Waals surface area contributed by atoms with Crippen molar-refractivity contribution < 1.29 is 4.74 Å². The molecular formula is C7H9ClN2O. The highest BCUT2D eigenvalue weighted by atomic mass is 35.5. The van der Waals surface area contributed by atoms with E-state index in [1.54, 1.807) is 6.07 Å². The van der Waals surface area contributed by atoms with Crippen molar-refractivity contribution in [1.82, 2.24) is 4.98 Å². The van der Waals surface area contributed by atoms with Crippen LogP contribution in [0, 0.1) is 6.92 Å². The van der Waals surface area contributed by atoms with E-state index in [1.807, 2.05) is 6.92 Å². The molecule has 1 rings (SSSR count). The maximum Gasteiger partial charge on any atom is 0.238 e. The summed E-state index contributed by atoms with van der Waals surface area (Å²) in [5.41, 5.74) is 6.92. The quantitative estimate of drug-likeness (QED) is 0.656. The normalized spacial score (nSPS) is 9.73. The van der Waals surface area contributed by atoms with Gasteiger partial charge in [-0.25, -0.2) is 0 Å². The van der Waals surface area contributed by atoms with Gasteiger partial charge in [-0.15, -0.1) is 0 Å². The van der Waals surface area contributed by atoms with Crippen molar-refractivity contribution in [3.63, 3.8) is 0 Å². The van der Waals surface area contributed by atoms with Gasteiger partial charge in [0.05, 0.1) is 12.8 Å². The molecular weight excluding hydrogens is 164 g/mol. The Hall–Kier alpha value is -0.960. The zero-order valence-electron chi connectivity index (χ0n) is 6.39. The summed E-state index contributed by atoms with van der Waals surface area (Å²) in [4.78, 5) is 3.91. The SMILES string of the molecule is COc1nc(Cl)c(C)cc1N. The van der Waals surface area contributed by atoms with E-state index >= 15 is 0 Å². The molecule has 60 valence electrons. The van der Waals surface area contributed by atoms with Crippen molar-refractivity contribution in [2.45, 2.75) is 6.92 Å². The van der Waals surface area contributed by atoms with Crippen LogP contribution < -0.4 is 10.5 Å². The Balaban J connectivity index is 3.21. The van der Waals surface area contributed by atoms with Crippen LogP contribution in [-0.4, -0.2) is 12.1 Å². The van der Waals surface area contributed by atoms with E-state index in [0.29, 0.717) is 16.7 Å². The molecule has 1 aromatic rings. The number of nitrogen functional groups attached to an aromatic ring is 1. The molecule has 0 aliphatic rings. The summed E-state index contributed by atoms with van der Waals surface area (Å²) in [6, 6.07) is 1.73. The standard InChI is InChI=1S/C7H9ClN2O/c1-4-3-5(9)7(11-2)10-6(4)8/h3H,9H2,1-2H3. The van der Waals surface area contributed by atoms with E-state index in [-0.39, 0.29) is 0 Å². The predicted molar refractivity (Wildman–Crippen MR) is 44.9 cm³/mol. The molecule has 0 saturated heterocycles. The summed E-state index contributed by atoms with van der Waals surface area (Å²) >= 11 is 5.72. The van der Waals surface area contributed by atoms with Crippen LogP contribution in [-0.2, 0) is 0 Å². The monoisotopic (exact) mass is 172 g/mol. The number of rotatable bonds is 1. The van der Waals surface area contributed by atoms with Gasteiger partial charge in [0, 0.05) is 0 Å². The number of anilines is 1. The molecule has 0 aliphatic heterocycles. The van der Waals surface area contributed by atoms with Crippen LogP contribution in [0.15, 0.2) is 6.07 Å². The molecule has 1 heterocycles. The fraction of sp³-hybridized carbons (Fsp3) is 0.286. The van der Waals surface area contributed by atoms with Crippen molar-refractivity contribution in [3.05, 3.63) is 16.8 Å². The molecule has 11 heavy (non-hydrogen) atoms. The summed E-state index contributed by atoms with van der Waals surface area (Å²) < 4.78 is 4.86. The second-order valence-electron chi connectivity index (χ2n) is 2.19. The minimum atomic E-state index is 0.376. The largest absolute Gasteiger partial charge is 0.479 e. The van der Waals surface area contributed by atoms with Crippen LogP contribution in [0.3, 0.4) is 0 Å². The smallest absolute Gasteiger partial charge is 0.238 e. The molecule has 0 aliphatic carbocycles. The third-order valence-corrected chi connectivity index (χ3v) is 1.72. The Bertz CT molecular complexity index is 275. The lowest BCUT2D eigenvalue weighted by Gasteiger charge is -2.04. The van der Waals surface area contributed by atoms with Gasteiger partial charge in [0.1, 0.15) is 5.15 Å². The lowest BCUT2D eigenvalue weighted by Crippen LogP contribution is -1.96. The summed E-state index contributed by atoms with van der Waals surface area (Å²) in [7, 11) is 1.50. The maximum absolute atomic E-state index is 5.72. The fourth-order valence-corrected chi connectivity index (χ4v) is 0.891. The second-order valence-corrected chi connectivity index (χ2v) is 2.55. The number of halogens is 1. The topological polar surface area (TPSA) is 48.1 Å². The van der Waals surface area contributed by atoms with Crippen LogP contribution >= 0.6 is 11.6 Å². The van der Waals surface area contributed by atoms with Gasteiger partial charge in [0.2, 0.25) is 5.88 Å². The number of methoxy groups -OCH3 is 1. The van der Waals surface area contributed by atoms with Gasteiger partial charge in [-0.2, -0.15) is 4.98 Å². The van der Waals surface area contributed by atoms with Crippen LogP contribution in [0.4, 0.5) is 5.69 Å². The molecule has 0 radical (unpaired) electrons. The number of hydrogen-bond donors (Lipinski definition) is 1. The average molecular weight is 173 g/mol. The van der Waals surface area contributed by atoms with E-state index in [0.717, 1.165) is 5.56 Å². The first-order chi connectivity index (χ1) is 5.15. The van der Waals surface area contributed by atoms with Crippen LogP contribution in [0.25, 0.3) is 0 Å². The Kier molecular flexibility index (Phi) is 2.19. The summed E-state index contributed by atoms with van der Waals surface area (Å²) in [6.45, 7) is 1.84. The predicted octanol–water partition coefficient (Wildman–Crippen LogP) is 1.63. The number of pyridine rings is 1. The van der Waals surface area contributed by atoms with E-state index < -0.39 is 0 Å². The highest BCUT2D eigenvalue weighted by molar-refractivity contribution is 6.30. The molecule has 1 aromatic heterocycles. The Labute approximate surface area is 70.1 Å². The molecule has 0 spiro atoms. The third-order valence-electron chi connectivity index (χ3n) is 1.34. The highest BCUT2D eigenvalue weighted by Crippen LogP contribution is 2.23. The lowest BCUT2D eigenvalue weighted by molar-refractivity contribution is 0.400. The molecule has 2 N–H and O–H groups in total. The van der Waals surface area contributed by atoms with Crippen molar-refractivity contribution in [3.8, 4) is 5.88 Å². The highest BCUT2D eigenvalue weighted by Gasteiger charge is 2.04. The number of hydrogen-bond acceptors (Lipinski definition) is 3. The number of ether oxygens (including phenoxy) is 1. The molecule has 3 nitrogen and oxygen atoms in total. The fourth-order valence-electron chi connectivity index (χ4n) is 0.760. The van der Waals surface area contributed by atoms with Gasteiger partial charge in [-0.05, 0) is 18.6 Å². The van der Waals surface area contributed by atoms with Gasteiger partial charge in [-0.3, -0.25) is 0 Å². The van der Waals surface area contributed by atoms with E-state index in [9.17, 15) is 0 Å².